The van der Waals surface area contributed by atoms with E-state index in [0.29, 0.717) is 18.3 Å². The van der Waals surface area contributed by atoms with E-state index >= 15 is 0 Å². The van der Waals surface area contributed by atoms with Crippen molar-refractivity contribution in [1.82, 2.24) is 15.1 Å². The zero-order valence-electron chi connectivity index (χ0n) is 10.6. The summed E-state index contributed by atoms with van der Waals surface area (Å²) in [5.74, 6) is 0.910. The number of rotatable bonds is 5. The first kappa shape index (κ1) is 13.1. The monoisotopic (exact) mass is 268 g/mol. The molecule has 0 bridgehead atoms. The van der Waals surface area contributed by atoms with Gasteiger partial charge in [-0.25, -0.2) is 4.98 Å². The largest absolute Gasteiger partial charge is 0.377 e. The van der Waals surface area contributed by atoms with Crippen LogP contribution in [0.15, 0.2) is 10.7 Å². The van der Waals surface area contributed by atoms with Crippen LogP contribution in [0.5, 0.6) is 0 Å². The van der Waals surface area contributed by atoms with Crippen LogP contribution in [-0.4, -0.2) is 27.8 Å². The molecule has 0 spiro atoms. The van der Waals surface area contributed by atoms with Crippen molar-refractivity contribution in [2.24, 2.45) is 5.73 Å². The molecule has 2 rings (SSSR count). The van der Waals surface area contributed by atoms with Crippen molar-refractivity contribution in [3.8, 4) is 10.8 Å². The molecule has 0 fully saturated rings. The van der Waals surface area contributed by atoms with Crippen molar-refractivity contribution in [2.75, 3.05) is 6.61 Å². The van der Waals surface area contributed by atoms with Crippen LogP contribution >= 0.6 is 11.3 Å². The average Bonchev–Trinajstić information content (AvgIpc) is 2.93. The Hall–Kier alpha value is -1.31. The van der Waals surface area contributed by atoms with Crippen LogP contribution in [0.25, 0.3) is 10.8 Å². The number of hydrogen-bond donors (Lipinski definition) is 1. The molecule has 0 amide bonds. The lowest BCUT2D eigenvalue weighted by atomic mass is 10.3. The predicted molar refractivity (Wildman–Crippen MR) is 68.2 cm³/mol. The van der Waals surface area contributed by atoms with Crippen molar-refractivity contribution < 1.29 is 9.26 Å². The molecule has 98 valence electrons. The standard InChI is InChI=1S/C11H16N4O2S/c1-6(2)16-5-8(12)10-14-11(17-15-10)9-4-13-7(3)18-9/h4,6,8H,5,12H2,1-3H3. The Balaban J connectivity index is 2.06. The summed E-state index contributed by atoms with van der Waals surface area (Å²) < 4.78 is 10.6. The average molecular weight is 268 g/mol. The molecule has 2 heterocycles. The number of thiazole rings is 1. The maximum absolute atomic E-state index is 5.92. The van der Waals surface area contributed by atoms with Gasteiger partial charge in [-0.05, 0) is 20.8 Å². The number of aryl methyl sites for hydroxylation is 1. The number of aromatic nitrogens is 3. The summed E-state index contributed by atoms with van der Waals surface area (Å²) in [7, 11) is 0. The zero-order valence-corrected chi connectivity index (χ0v) is 11.4. The molecule has 0 aliphatic rings. The molecule has 0 saturated heterocycles. The van der Waals surface area contributed by atoms with E-state index in [1.54, 1.807) is 6.20 Å². The Morgan fingerprint density at radius 2 is 2.28 bits per heavy atom. The van der Waals surface area contributed by atoms with Gasteiger partial charge in [0.1, 0.15) is 4.88 Å². The maximum atomic E-state index is 5.92. The summed E-state index contributed by atoms with van der Waals surface area (Å²) in [4.78, 5) is 9.25. The van der Waals surface area contributed by atoms with Crippen LogP contribution in [0.4, 0.5) is 0 Å². The third-order valence-corrected chi connectivity index (χ3v) is 3.12. The SMILES string of the molecule is Cc1ncc(-c2nc(C(N)COC(C)C)no2)s1. The van der Waals surface area contributed by atoms with Gasteiger partial charge in [-0.2, -0.15) is 4.98 Å². The highest BCUT2D eigenvalue weighted by Crippen LogP contribution is 2.24. The van der Waals surface area contributed by atoms with Gasteiger partial charge in [0.2, 0.25) is 0 Å². The molecule has 0 radical (unpaired) electrons. The smallest absolute Gasteiger partial charge is 0.269 e. The molecule has 6 nitrogen and oxygen atoms in total. The molecule has 0 saturated carbocycles. The van der Waals surface area contributed by atoms with Gasteiger partial charge in [-0.3, -0.25) is 0 Å². The quantitative estimate of drug-likeness (QED) is 0.891. The van der Waals surface area contributed by atoms with E-state index in [1.807, 2.05) is 20.8 Å². The molecule has 18 heavy (non-hydrogen) atoms. The van der Waals surface area contributed by atoms with Gasteiger partial charge in [-0.15, -0.1) is 11.3 Å². The second kappa shape index (κ2) is 5.55. The van der Waals surface area contributed by atoms with Gasteiger partial charge in [0.15, 0.2) is 5.82 Å². The Labute approximate surface area is 109 Å². The summed E-state index contributed by atoms with van der Waals surface area (Å²) in [5, 5.41) is 4.82. The van der Waals surface area contributed by atoms with Crippen LogP contribution in [0.3, 0.4) is 0 Å². The summed E-state index contributed by atoms with van der Waals surface area (Å²) in [6.07, 6.45) is 1.85. The molecule has 1 unspecified atom stereocenters. The first-order chi connectivity index (χ1) is 8.56. The van der Waals surface area contributed by atoms with Crippen LogP contribution in [-0.2, 0) is 4.74 Å². The highest BCUT2D eigenvalue weighted by Gasteiger charge is 2.17. The summed E-state index contributed by atoms with van der Waals surface area (Å²) in [6.45, 7) is 6.20. The van der Waals surface area contributed by atoms with E-state index in [1.165, 1.54) is 11.3 Å². The van der Waals surface area contributed by atoms with Crippen LogP contribution in [0.1, 0.15) is 30.7 Å². The van der Waals surface area contributed by atoms with E-state index in [0.717, 1.165) is 9.88 Å². The van der Waals surface area contributed by atoms with E-state index in [9.17, 15) is 0 Å². The predicted octanol–water partition coefficient (Wildman–Crippen LogP) is 1.93. The Morgan fingerprint density at radius 3 is 2.89 bits per heavy atom. The molecule has 1 atom stereocenters. The number of hydrogen-bond acceptors (Lipinski definition) is 7. The molecule has 2 N–H and O–H groups in total. The van der Waals surface area contributed by atoms with Crippen molar-refractivity contribution in [1.29, 1.82) is 0 Å². The van der Waals surface area contributed by atoms with Crippen LogP contribution in [0, 0.1) is 6.92 Å². The summed E-state index contributed by atoms with van der Waals surface area (Å²) in [5.41, 5.74) is 5.92. The van der Waals surface area contributed by atoms with Gasteiger partial charge in [0.25, 0.3) is 5.89 Å². The lowest BCUT2D eigenvalue weighted by Crippen LogP contribution is -2.20. The topological polar surface area (TPSA) is 87.1 Å². The molecule has 0 aliphatic heterocycles. The fourth-order valence-corrected chi connectivity index (χ4v) is 2.02. The second-order valence-corrected chi connectivity index (χ2v) is 5.42. The van der Waals surface area contributed by atoms with Gasteiger partial charge in [-0.1, -0.05) is 5.16 Å². The molecule has 0 aromatic carbocycles. The fourth-order valence-electron chi connectivity index (χ4n) is 1.32. The normalized spacial score (nSPS) is 13.2. The third kappa shape index (κ3) is 3.12. The van der Waals surface area contributed by atoms with E-state index in [4.69, 9.17) is 15.0 Å². The second-order valence-electron chi connectivity index (χ2n) is 4.19. The first-order valence-corrected chi connectivity index (χ1v) is 6.51. The zero-order chi connectivity index (χ0) is 13.1. The lowest BCUT2D eigenvalue weighted by Gasteiger charge is -2.10. The number of ether oxygens (including phenoxy) is 1. The molecular formula is C11H16N4O2S. The van der Waals surface area contributed by atoms with Gasteiger partial charge < -0.3 is 15.0 Å². The minimum atomic E-state index is -0.376. The highest BCUT2D eigenvalue weighted by atomic mass is 32.1. The minimum absolute atomic E-state index is 0.131. The molecule has 2 aromatic heterocycles. The minimum Gasteiger partial charge on any atom is -0.377 e. The summed E-state index contributed by atoms with van der Waals surface area (Å²) >= 11 is 1.50. The van der Waals surface area contributed by atoms with Gasteiger partial charge in [0.05, 0.1) is 30.0 Å². The van der Waals surface area contributed by atoms with E-state index in [-0.39, 0.29) is 12.1 Å². The van der Waals surface area contributed by atoms with E-state index < -0.39 is 0 Å². The summed E-state index contributed by atoms with van der Waals surface area (Å²) in [6, 6.07) is -0.376. The Morgan fingerprint density at radius 1 is 1.50 bits per heavy atom. The van der Waals surface area contributed by atoms with Crippen molar-refractivity contribution in [3.05, 3.63) is 17.0 Å². The Bertz CT molecular complexity index is 509. The van der Waals surface area contributed by atoms with Gasteiger partial charge in [0, 0.05) is 0 Å². The first-order valence-electron chi connectivity index (χ1n) is 5.70. The Kier molecular flexibility index (Phi) is 4.05. The van der Waals surface area contributed by atoms with Crippen molar-refractivity contribution in [2.45, 2.75) is 32.9 Å². The molecule has 7 heteroatoms. The van der Waals surface area contributed by atoms with E-state index in [2.05, 4.69) is 15.1 Å². The maximum Gasteiger partial charge on any atom is 0.269 e. The number of nitrogens with zero attached hydrogens (tertiary/aromatic N) is 3. The molecule has 0 aliphatic carbocycles. The highest BCUT2D eigenvalue weighted by molar-refractivity contribution is 7.14. The van der Waals surface area contributed by atoms with Crippen LogP contribution < -0.4 is 5.73 Å². The number of nitrogens with two attached hydrogens (primary N) is 1. The third-order valence-electron chi connectivity index (χ3n) is 2.21. The van der Waals surface area contributed by atoms with Crippen molar-refractivity contribution >= 4 is 11.3 Å². The lowest BCUT2D eigenvalue weighted by molar-refractivity contribution is 0.0665. The molecule has 2 aromatic rings. The van der Waals surface area contributed by atoms with Crippen molar-refractivity contribution in [3.63, 3.8) is 0 Å². The fraction of sp³-hybridized carbons (Fsp3) is 0.545. The van der Waals surface area contributed by atoms with Gasteiger partial charge >= 0.3 is 0 Å². The van der Waals surface area contributed by atoms with Crippen LogP contribution in [0.2, 0.25) is 0 Å². The molecular weight excluding hydrogens is 252 g/mol.